The molecule has 0 fully saturated rings. The van der Waals surface area contributed by atoms with E-state index < -0.39 is 0 Å². The van der Waals surface area contributed by atoms with Crippen LogP contribution in [0.3, 0.4) is 0 Å². The van der Waals surface area contributed by atoms with Gasteiger partial charge >= 0.3 is 0 Å². The average Bonchev–Trinajstić information content (AvgIpc) is 2.70. The number of methoxy groups -OCH3 is 2. The topological polar surface area (TPSA) is 61.3 Å². The molecule has 0 spiro atoms. The van der Waals surface area contributed by atoms with Crippen molar-refractivity contribution in [3.8, 4) is 23.0 Å². The Balaban J connectivity index is 2.06. The van der Waals surface area contributed by atoms with Crippen LogP contribution in [0.4, 0.5) is 0 Å². The molecule has 0 saturated heterocycles. The Kier molecular flexibility index (Phi) is 8.68. The van der Waals surface area contributed by atoms with Gasteiger partial charge in [0.15, 0.2) is 23.0 Å². The van der Waals surface area contributed by atoms with Crippen LogP contribution in [0.2, 0.25) is 0 Å². The van der Waals surface area contributed by atoms with Gasteiger partial charge in [0.05, 0.1) is 38.1 Å². The first-order valence-electron chi connectivity index (χ1n) is 8.79. The maximum absolute atomic E-state index is 5.68. The Hall–Kier alpha value is -2.67. The second-order valence-electron chi connectivity index (χ2n) is 5.65. The molecule has 7 heteroatoms. The number of nitrogens with zero attached hydrogens (tertiary/aromatic N) is 1. The molecule has 0 aliphatic heterocycles. The van der Waals surface area contributed by atoms with Gasteiger partial charge in [0.2, 0.25) is 0 Å². The van der Waals surface area contributed by atoms with Gasteiger partial charge in [-0.1, -0.05) is 18.7 Å². The zero-order chi connectivity index (χ0) is 20.4. The molecule has 2 aromatic carbocycles. The van der Waals surface area contributed by atoms with Crippen LogP contribution in [0.25, 0.3) is 0 Å². The highest BCUT2D eigenvalue weighted by Crippen LogP contribution is 2.36. The second kappa shape index (κ2) is 11.2. The minimum atomic E-state index is 0.402. The van der Waals surface area contributed by atoms with E-state index in [1.807, 2.05) is 37.3 Å². The van der Waals surface area contributed by atoms with Crippen LogP contribution in [-0.4, -0.2) is 33.6 Å². The van der Waals surface area contributed by atoms with Crippen LogP contribution >= 0.6 is 15.9 Å². The molecule has 2 aromatic rings. The van der Waals surface area contributed by atoms with Crippen LogP contribution in [0.1, 0.15) is 18.1 Å². The summed E-state index contributed by atoms with van der Waals surface area (Å²) in [6.45, 7) is 7.09. The lowest BCUT2D eigenvalue weighted by atomic mass is 10.2. The standard InChI is InChI=1S/C21H25BrN2O4/c1-5-9-28-21-17(22)10-16(12-20(21)27-6-2)14-24-23-13-15-7-8-18(25-3)19(11-15)26-4/h5,7-8,10-12,14,23H,1,6,9,13H2,2-4H3/b24-14-. The summed E-state index contributed by atoms with van der Waals surface area (Å²) in [6.07, 6.45) is 3.42. The number of nitrogens with one attached hydrogen (secondary N) is 1. The normalized spacial score (nSPS) is 10.6. The van der Waals surface area contributed by atoms with Crippen LogP contribution in [-0.2, 0) is 6.54 Å². The van der Waals surface area contributed by atoms with Gasteiger partial charge in [0.1, 0.15) is 6.61 Å². The molecule has 6 nitrogen and oxygen atoms in total. The summed E-state index contributed by atoms with van der Waals surface area (Å²) < 4.78 is 22.7. The van der Waals surface area contributed by atoms with E-state index in [0.717, 1.165) is 15.6 Å². The number of halogens is 1. The first kappa shape index (κ1) is 21.6. The van der Waals surface area contributed by atoms with Crippen molar-refractivity contribution in [2.24, 2.45) is 5.10 Å². The van der Waals surface area contributed by atoms with E-state index in [-0.39, 0.29) is 0 Å². The van der Waals surface area contributed by atoms with E-state index in [1.54, 1.807) is 26.5 Å². The molecule has 2 rings (SSSR count). The highest BCUT2D eigenvalue weighted by Gasteiger charge is 2.11. The number of benzene rings is 2. The predicted octanol–water partition coefficient (Wildman–Crippen LogP) is 4.55. The Morgan fingerprint density at radius 1 is 1.07 bits per heavy atom. The maximum Gasteiger partial charge on any atom is 0.175 e. The lowest BCUT2D eigenvalue weighted by Crippen LogP contribution is -2.06. The minimum Gasteiger partial charge on any atom is -0.493 e. The Morgan fingerprint density at radius 3 is 2.54 bits per heavy atom. The largest absolute Gasteiger partial charge is 0.493 e. The first-order chi connectivity index (χ1) is 13.6. The summed E-state index contributed by atoms with van der Waals surface area (Å²) in [5.41, 5.74) is 4.93. The van der Waals surface area contributed by atoms with Gasteiger partial charge in [0.25, 0.3) is 0 Å². The fraction of sp³-hybridized carbons (Fsp3) is 0.286. The lowest BCUT2D eigenvalue weighted by molar-refractivity contribution is 0.295. The highest BCUT2D eigenvalue weighted by atomic mass is 79.9. The van der Waals surface area contributed by atoms with E-state index in [2.05, 4.69) is 33.0 Å². The molecule has 0 aliphatic carbocycles. The van der Waals surface area contributed by atoms with Crippen molar-refractivity contribution < 1.29 is 18.9 Å². The molecule has 0 saturated carbocycles. The Labute approximate surface area is 174 Å². The van der Waals surface area contributed by atoms with Crippen LogP contribution < -0.4 is 24.4 Å². The molecule has 0 atom stereocenters. The summed E-state index contributed by atoms with van der Waals surface area (Å²) in [4.78, 5) is 0. The van der Waals surface area contributed by atoms with Gasteiger partial charge in [-0.3, -0.25) is 0 Å². The molecular weight excluding hydrogens is 424 g/mol. The molecule has 0 unspecified atom stereocenters. The van der Waals surface area contributed by atoms with E-state index in [1.165, 1.54) is 0 Å². The SMILES string of the molecule is C=CCOc1c(Br)cc(/C=N\NCc2ccc(OC)c(OC)c2)cc1OCC. The summed E-state index contributed by atoms with van der Waals surface area (Å²) >= 11 is 3.53. The molecule has 0 radical (unpaired) electrons. The molecule has 28 heavy (non-hydrogen) atoms. The minimum absolute atomic E-state index is 0.402. The van der Waals surface area contributed by atoms with E-state index in [0.29, 0.717) is 42.8 Å². The predicted molar refractivity (Wildman–Crippen MR) is 115 cm³/mol. The van der Waals surface area contributed by atoms with Crippen molar-refractivity contribution in [1.29, 1.82) is 0 Å². The van der Waals surface area contributed by atoms with Crippen LogP contribution in [0, 0.1) is 0 Å². The van der Waals surface area contributed by atoms with Crippen molar-refractivity contribution in [3.05, 3.63) is 58.6 Å². The quantitative estimate of drug-likeness (QED) is 0.310. The summed E-state index contributed by atoms with van der Waals surface area (Å²) in [6, 6.07) is 9.54. The van der Waals surface area contributed by atoms with Crippen molar-refractivity contribution in [2.45, 2.75) is 13.5 Å². The van der Waals surface area contributed by atoms with Gasteiger partial charge < -0.3 is 24.4 Å². The van der Waals surface area contributed by atoms with Gasteiger partial charge in [-0.05, 0) is 58.2 Å². The fourth-order valence-corrected chi connectivity index (χ4v) is 3.03. The molecule has 0 bridgehead atoms. The number of hydrogen-bond donors (Lipinski definition) is 1. The van der Waals surface area contributed by atoms with Crippen molar-refractivity contribution in [2.75, 3.05) is 27.4 Å². The zero-order valence-corrected chi connectivity index (χ0v) is 17.9. The summed E-state index contributed by atoms with van der Waals surface area (Å²) in [5.74, 6) is 2.69. The van der Waals surface area contributed by atoms with E-state index >= 15 is 0 Å². The van der Waals surface area contributed by atoms with E-state index in [4.69, 9.17) is 18.9 Å². The van der Waals surface area contributed by atoms with Crippen molar-refractivity contribution in [1.82, 2.24) is 5.43 Å². The van der Waals surface area contributed by atoms with Crippen LogP contribution in [0.15, 0.2) is 52.6 Å². The maximum atomic E-state index is 5.68. The van der Waals surface area contributed by atoms with E-state index in [9.17, 15) is 0 Å². The third-order valence-electron chi connectivity index (χ3n) is 3.71. The van der Waals surface area contributed by atoms with Crippen molar-refractivity contribution >= 4 is 22.1 Å². The second-order valence-corrected chi connectivity index (χ2v) is 6.50. The Bertz CT molecular complexity index is 824. The Morgan fingerprint density at radius 2 is 1.86 bits per heavy atom. The highest BCUT2D eigenvalue weighted by molar-refractivity contribution is 9.10. The number of ether oxygens (including phenoxy) is 4. The average molecular weight is 449 g/mol. The summed E-state index contributed by atoms with van der Waals surface area (Å²) in [5, 5.41) is 4.29. The molecule has 0 aliphatic rings. The molecule has 0 amide bonds. The van der Waals surface area contributed by atoms with Crippen LogP contribution in [0.5, 0.6) is 23.0 Å². The number of hydrazone groups is 1. The van der Waals surface area contributed by atoms with Gasteiger partial charge in [-0.25, -0.2) is 0 Å². The third-order valence-corrected chi connectivity index (χ3v) is 4.30. The first-order valence-corrected chi connectivity index (χ1v) is 9.59. The third kappa shape index (κ3) is 5.92. The lowest BCUT2D eigenvalue weighted by Gasteiger charge is -2.13. The molecule has 0 aromatic heterocycles. The number of hydrogen-bond acceptors (Lipinski definition) is 6. The van der Waals surface area contributed by atoms with Gasteiger partial charge in [0, 0.05) is 0 Å². The van der Waals surface area contributed by atoms with Crippen molar-refractivity contribution in [3.63, 3.8) is 0 Å². The molecular formula is C21H25BrN2O4. The smallest absolute Gasteiger partial charge is 0.175 e. The molecule has 0 heterocycles. The summed E-state index contributed by atoms with van der Waals surface area (Å²) in [7, 11) is 3.23. The monoisotopic (exact) mass is 448 g/mol. The molecule has 1 N–H and O–H groups in total. The zero-order valence-electron chi connectivity index (χ0n) is 16.3. The van der Waals surface area contributed by atoms with Gasteiger partial charge in [-0.2, -0.15) is 5.10 Å². The fourth-order valence-electron chi connectivity index (χ4n) is 2.46. The molecule has 150 valence electrons. The number of rotatable bonds is 11. The van der Waals surface area contributed by atoms with Gasteiger partial charge in [-0.15, -0.1) is 0 Å².